The van der Waals surface area contributed by atoms with Crippen LogP contribution in [0.1, 0.15) is 36.4 Å². The van der Waals surface area contributed by atoms with Gasteiger partial charge >= 0.3 is 0 Å². The first kappa shape index (κ1) is 14.9. The molecule has 0 saturated carbocycles. The van der Waals surface area contributed by atoms with Gasteiger partial charge in [0.1, 0.15) is 17.0 Å². The Balaban J connectivity index is 1.93. The lowest BCUT2D eigenvalue weighted by Crippen LogP contribution is -2.30. The summed E-state index contributed by atoms with van der Waals surface area (Å²) in [4.78, 5) is 9.46. The number of nitrogens with zero attached hydrogens (tertiary/aromatic N) is 4. The topological polar surface area (TPSA) is 51.0 Å². The fourth-order valence-electron chi connectivity index (χ4n) is 3.18. The van der Waals surface area contributed by atoms with Crippen molar-refractivity contribution < 1.29 is 4.39 Å². The molecule has 0 radical (unpaired) electrons. The van der Waals surface area contributed by atoms with Crippen molar-refractivity contribution in [3.05, 3.63) is 64.7 Å². The summed E-state index contributed by atoms with van der Waals surface area (Å²) in [6.07, 6.45) is 0.684. The van der Waals surface area contributed by atoms with E-state index in [2.05, 4.69) is 15.2 Å². The molecule has 0 N–H and O–H groups in total. The number of halogens is 1. The van der Waals surface area contributed by atoms with E-state index in [0.717, 1.165) is 27.7 Å². The standard InChI is InChI=1S/C19H17FN4/c1-11-5-4-6-15-16(11)23-24-18(21-15)17-14-8-7-13(20)9-12(14)10-19(2,3)22-17/h4-9H,10H2,1-3H3. The molecule has 1 aliphatic heterocycles. The Bertz CT molecular complexity index is 992. The molecule has 0 saturated heterocycles. The molecule has 24 heavy (non-hydrogen) atoms. The van der Waals surface area contributed by atoms with E-state index in [-0.39, 0.29) is 11.4 Å². The summed E-state index contributed by atoms with van der Waals surface area (Å²) in [7, 11) is 0. The van der Waals surface area contributed by atoms with Crippen LogP contribution in [0, 0.1) is 12.7 Å². The van der Waals surface area contributed by atoms with Crippen LogP contribution in [0.5, 0.6) is 0 Å². The first-order chi connectivity index (χ1) is 11.4. The minimum atomic E-state index is -0.332. The lowest BCUT2D eigenvalue weighted by molar-refractivity contribution is 0.510. The maximum atomic E-state index is 13.6. The van der Waals surface area contributed by atoms with Crippen molar-refractivity contribution in [1.29, 1.82) is 0 Å². The molecule has 0 spiro atoms. The molecule has 1 aliphatic rings. The minimum Gasteiger partial charge on any atom is -0.274 e. The average Bonchev–Trinajstić information content (AvgIpc) is 2.52. The van der Waals surface area contributed by atoms with Gasteiger partial charge in [-0.1, -0.05) is 12.1 Å². The van der Waals surface area contributed by atoms with E-state index in [1.165, 1.54) is 6.07 Å². The molecule has 0 aliphatic carbocycles. The first-order valence-electron chi connectivity index (χ1n) is 7.92. The van der Waals surface area contributed by atoms with E-state index in [1.54, 1.807) is 12.1 Å². The Hall–Kier alpha value is -2.69. The van der Waals surface area contributed by atoms with Crippen LogP contribution in [0.15, 0.2) is 41.4 Å². The molecule has 5 heteroatoms. The van der Waals surface area contributed by atoms with E-state index >= 15 is 0 Å². The molecule has 1 aromatic heterocycles. The van der Waals surface area contributed by atoms with E-state index in [4.69, 9.17) is 4.99 Å². The number of fused-ring (bicyclic) bond motifs is 2. The summed E-state index contributed by atoms with van der Waals surface area (Å²) in [6, 6.07) is 10.6. The van der Waals surface area contributed by atoms with Gasteiger partial charge < -0.3 is 0 Å². The van der Waals surface area contributed by atoms with Crippen molar-refractivity contribution in [3.63, 3.8) is 0 Å². The fourth-order valence-corrected chi connectivity index (χ4v) is 3.18. The van der Waals surface area contributed by atoms with E-state index in [0.29, 0.717) is 18.0 Å². The van der Waals surface area contributed by atoms with Crippen LogP contribution in [-0.2, 0) is 6.42 Å². The van der Waals surface area contributed by atoms with Crippen molar-refractivity contribution >= 4 is 16.7 Å². The summed E-state index contributed by atoms with van der Waals surface area (Å²) in [6.45, 7) is 6.04. The van der Waals surface area contributed by atoms with Crippen LogP contribution in [-0.4, -0.2) is 26.4 Å². The van der Waals surface area contributed by atoms with Crippen LogP contribution in [0.25, 0.3) is 11.0 Å². The van der Waals surface area contributed by atoms with Gasteiger partial charge in [0, 0.05) is 5.56 Å². The molecule has 0 atom stereocenters. The summed E-state index contributed by atoms with van der Waals surface area (Å²) in [5, 5.41) is 8.62. The largest absolute Gasteiger partial charge is 0.274 e. The molecule has 0 amide bonds. The summed E-state index contributed by atoms with van der Waals surface area (Å²) >= 11 is 0. The highest BCUT2D eigenvalue weighted by Gasteiger charge is 2.29. The van der Waals surface area contributed by atoms with Crippen LogP contribution in [0.2, 0.25) is 0 Å². The number of aliphatic imine (C=N–C) groups is 1. The molecule has 2 heterocycles. The third-order valence-corrected chi connectivity index (χ3v) is 4.26. The van der Waals surface area contributed by atoms with Gasteiger partial charge in [-0.05, 0) is 62.6 Å². The number of hydrogen-bond donors (Lipinski definition) is 0. The van der Waals surface area contributed by atoms with Gasteiger partial charge in [0.05, 0.1) is 11.1 Å². The Kier molecular flexibility index (Phi) is 3.20. The molecular weight excluding hydrogens is 303 g/mol. The van der Waals surface area contributed by atoms with Crippen molar-refractivity contribution in [2.45, 2.75) is 32.7 Å². The SMILES string of the molecule is Cc1cccc2nc(C3=NC(C)(C)Cc4cc(F)ccc43)nnc12. The quantitative estimate of drug-likeness (QED) is 0.688. The van der Waals surface area contributed by atoms with Crippen LogP contribution in [0.4, 0.5) is 4.39 Å². The van der Waals surface area contributed by atoms with Gasteiger partial charge in [0.25, 0.3) is 0 Å². The third-order valence-electron chi connectivity index (χ3n) is 4.26. The second kappa shape index (κ2) is 5.16. The molecular formula is C19H17FN4. The number of aryl methyl sites for hydroxylation is 1. The van der Waals surface area contributed by atoms with Crippen molar-refractivity contribution in [2.24, 2.45) is 4.99 Å². The number of benzene rings is 2. The summed E-state index contributed by atoms with van der Waals surface area (Å²) in [5.41, 5.74) is 4.76. The number of rotatable bonds is 1. The zero-order valence-electron chi connectivity index (χ0n) is 13.8. The zero-order valence-corrected chi connectivity index (χ0v) is 13.8. The maximum Gasteiger partial charge on any atom is 0.201 e. The van der Waals surface area contributed by atoms with Gasteiger partial charge in [-0.2, -0.15) is 0 Å². The van der Waals surface area contributed by atoms with Gasteiger partial charge in [-0.25, -0.2) is 9.37 Å². The molecule has 3 aromatic rings. The molecule has 0 unspecified atom stereocenters. The Morgan fingerprint density at radius 1 is 1.08 bits per heavy atom. The molecule has 0 fully saturated rings. The molecule has 2 aromatic carbocycles. The van der Waals surface area contributed by atoms with Crippen molar-refractivity contribution in [2.75, 3.05) is 0 Å². The lowest BCUT2D eigenvalue weighted by Gasteiger charge is -2.28. The second-order valence-corrected chi connectivity index (χ2v) is 6.83. The van der Waals surface area contributed by atoms with E-state index in [1.807, 2.05) is 39.0 Å². The molecule has 120 valence electrons. The fraction of sp³-hybridized carbons (Fsp3) is 0.263. The highest BCUT2D eigenvalue weighted by Crippen LogP contribution is 2.29. The second-order valence-electron chi connectivity index (χ2n) is 6.83. The van der Waals surface area contributed by atoms with Gasteiger partial charge in [0.15, 0.2) is 0 Å². The van der Waals surface area contributed by atoms with Gasteiger partial charge in [-0.3, -0.25) is 4.99 Å². The predicted molar refractivity (Wildman–Crippen MR) is 91.9 cm³/mol. The molecule has 4 nitrogen and oxygen atoms in total. The zero-order chi connectivity index (χ0) is 16.9. The van der Waals surface area contributed by atoms with Crippen molar-refractivity contribution in [1.82, 2.24) is 15.2 Å². The maximum absolute atomic E-state index is 13.6. The third kappa shape index (κ3) is 2.46. The monoisotopic (exact) mass is 320 g/mol. The molecule has 0 bridgehead atoms. The minimum absolute atomic E-state index is 0.237. The van der Waals surface area contributed by atoms with Gasteiger partial charge in [0.2, 0.25) is 5.82 Å². The van der Waals surface area contributed by atoms with Gasteiger partial charge in [-0.15, -0.1) is 10.2 Å². The van der Waals surface area contributed by atoms with Crippen LogP contribution < -0.4 is 0 Å². The summed E-state index contributed by atoms with van der Waals surface area (Å²) in [5.74, 6) is 0.243. The smallest absolute Gasteiger partial charge is 0.201 e. The predicted octanol–water partition coefficient (Wildman–Crippen LogP) is 3.64. The lowest BCUT2D eigenvalue weighted by atomic mass is 9.86. The summed E-state index contributed by atoms with van der Waals surface area (Å²) < 4.78 is 13.6. The Morgan fingerprint density at radius 2 is 1.92 bits per heavy atom. The van der Waals surface area contributed by atoms with Crippen LogP contribution >= 0.6 is 0 Å². The van der Waals surface area contributed by atoms with Crippen LogP contribution in [0.3, 0.4) is 0 Å². The Morgan fingerprint density at radius 3 is 2.75 bits per heavy atom. The van der Waals surface area contributed by atoms with Crippen molar-refractivity contribution in [3.8, 4) is 0 Å². The highest BCUT2D eigenvalue weighted by molar-refractivity contribution is 6.12. The normalized spacial score (nSPS) is 15.9. The van der Waals surface area contributed by atoms with E-state index < -0.39 is 0 Å². The molecule has 4 rings (SSSR count). The first-order valence-corrected chi connectivity index (χ1v) is 7.92. The highest BCUT2D eigenvalue weighted by atomic mass is 19.1. The number of aromatic nitrogens is 3. The average molecular weight is 320 g/mol. The van der Waals surface area contributed by atoms with E-state index in [9.17, 15) is 4.39 Å². The Labute approximate surface area is 139 Å². The number of hydrogen-bond acceptors (Lipinski definition) is 4.